The van der Waals surface area contributed by atoms with E-state index in [4.69, 9.17) is 0 Å². The van der Waals surface area contributed by atoms with Gasteiger partial charge < -0.3 is 10.2 Å². The lowest BCUT2D eigenvalue weighted by molar-refractivity contribution is -0.384. The zero-order valence-electron chi connectivity index (χ0n) is 13.7. The van der Waals surface area contributed by atoms with Gasteiger partial charge in [-0.2, -0.15) is 0 Å². The molecule has 134 valence electrons. The molecule has 0 saturated heterocycles. The topological polar surface area (TPSA) is 87.8 Å². The van der Waals surface area contributed by atoms with Crippen LogP contribution in [0.2, 0.25) is 0 Å². The molecule has 0 aromatic heterocycles. The minimum absolute atomic E-state index is 0. The van der Waals surface area contributed by atoms with Crippen molar-refractivity contribution in [1.29, 1.82) is 0 Å². The first-order valence-corrected chi connectivity index (χ1v) is 8.70. The third-order valence-corrected chi connectivity index (χ3v) is 4.99. The molecule has 25 heavy (non-hydrogen) atoms. The Bertz CT molecular complexity index is 733. The highest BCUT2D eigenvalue weighted by atomic mass is 35.5. The number of non-ortho nitro benzene ring substituents is 1. The Kier molecular flexibility index (Phi) is 6.44. The second-order valence-corrected chi connectivity index (χ2v) is 6.53. The van der Waals surface area contributed by atoms with Crippen LogP contribution in [0, 0.1) is 10.1 Å². The van der Waals surface area contributed by atoms with Gasteiger partial charge in [-0.1, -0.05) is 13.3 Å². The molecule has 1 N–H and O–H groups in total. The maximum absolute atomic E-state index is 12.7. The van der Waals surface area contributed by atoms with E-state index in [1.807, 2.05) is 0 Å². The average Bonchev–Trinajstić information content (AvgIpc) is 2.95. The van der Waals surface area contributed by atoms with Crippen molar-refractivity contribution < 1.29 is 9.72 Å². The van der Waals surface area contributed by atoms with Crippen LogP contribution < -0.4 is 5.32 Å². The lowest BCUT2D eigenvalue weighted by Crippen LogP contribution is -2.29. The van der Waals surface area contributed by atoms with Crippen LogP contribution in [0.3, 0.4) is 0 Å². The molecule has 7 nitrogen and oxygen atoms in total. The SMILES string of the molecule is CCCC1=C(C(=O)Nc2ccc([N+](=O)[O-])cc2)SC2=NCCCN21.Cl. The normalized spacial score (nSPS) is 16.0. The molecule has 2 aliphatic rings. The van der Waals surface area contributed by atoms with Crippen molar-refractivity contribution in [2.45, 2.75) is 26.2 Å². The van der Waals surface area contributed by atoms with Crippen molar-refractivity contribution in [3.63, 3.8) is 0 Å². The molecule has 0 aliphatic carbocycles. The lowest BCUT2D eigenvalue weighted by Gasteiger charge is -2.25. The van der Waals surface area contributed by atoms with E-state index in [0.29, 0.717) is 10.6 Å². The molecule has 2 heterocycles. The van der Waals surface area contributed by atoms with Gasteiger partial charge in [0.2, 0.25) is 0 Å². The summed E-state index contributed by atoms with van der Waals surface area (Å²) in [6, 6.07) is 5.85. The van der Waals surface area contributed by atoms with Crippen LogP contribution in [0.1, 0.15) is 26.2 Å². The van der Waals surface area contributed by atoms with Gasteiger partial charge in [0, 0.05) is 36.6 Å². The number of nitrogens with zero attached hydrogens (tertiary/aromatic N) is 3. The maximum atomic E-state index is 12.7. The van der Waals surface area contributed by atoms with Crippen LogP contribution in [0.25, 0.3) is 0 Å². The summed E-state index contributed by atoms with van der Waals surface area (Å²) < 4.78 is 0. The number of fused-ring (bicyclic) bond motifs is 1. The monoisotopic (exact) mass is 382 g/mol. The summed E-state index contributed by atoms with van der Waals surface area (Å²) in [6.07, 6.45) is 2.78. The number of nitro groups is 1. The minimum atomic E-state index is -0.462. The number of carbonyl (C=O) groups is 1. The number of amidine groups is 1. The van der Waals surface area contributed by atoms with E-state index in [1.165, 1.54) is 23.9 Å². The van der Waals surface area contributed by atoms with Crippen LogP contribution >= 0.6 is 24.2 Å². The second-order valence-electron chi connectivity index (χ2n) is 5.56. The Morgan fingerprint density at radius 2 is 2.12 bits per heavy atom. The van der Waals surface area contributed by atoms with E-state index in [0.717, 1.165) is 43.2 Å². The number of nitro benzene ring substituents is 1. The number of allylic oxidation sites excluding steroid dienone is 1. The zero-order valence-corrected chi connectivity index (χ0v) is 15.4. The van der Waals surface area contributed by atoms with Crippen molar-refractivity contribution in [3.05, 3.63) is 45.0 Å². The summed E-state index contributed by atoms with van der Waals surface area (Å²) >= 11 is 1.41. The van der Waals surface area contributed by atoms with Gasteiger partial charge in [0.1, 0.15) is 0 Å². The zero-order chi connectivity index (χ0) is 17.1. The Morgan fingerprint density at radius 1 is 1.40 bits per heavy atom. The molecule has 2 aliphatic heterocycles. The molecule has 0 radical (unpaired) electrons. The number of hydrogen-bond donors (Lipinski definition) is 1. The minimum Gasteiger partial charge on any atom is -0.323 e. The van der Waals surface area contributed by atoms with E-state index < -0.39 is 4.92 Å². The molecule has 0 atom stereocenters. The number of carbonyl (C=O) groups excluding carboxylic acids is 1. The molecule has 0 unspecified atom stereocenters. The molecular formula is C16H19ClN4O3S. The van der Waals surface area contributed by atoms with Crippen molar-refractivity contribution >= 4 is 46.6 Å². The highest BCUT2D eigenvalue weighted by molar-refractivity contribution is 8.18. The Hall–Kier alpha value is -2.06. The summed E-state index contributed by atoms with van der Waals surface area (Å²) in [5.41, 5.74) is 1.57. The lowest BCUT2D eigenvalue weighted by atomic mass is 10.2. The van der Waals surface area contributed by atoms with Crippen LogP contribution in [0.15, 0.2) is 39.9 Å². The van der Waals surface area contributed by atoms with Gasteiger partial charge in [-0.15, -0.1) is 12.4 Å². The highest BCUT2D eigenvalue weighted by Gasteiger charge is 2.33. The van der Waals surface area contributed by atoms with E-state index in [1.54, 1.807) is 12.1 Å². The molecule has 0 saturated carbocycles. The number of nitrogens with one attached hydrogen (secondary N) is 1. The molecule has 1 amide bonds. The molecule has 3 rings (SSSR count). The Morgan fingerprint density at radius 3 is 2.76 bits per heavy atom. The number of thioether (sulfide) groups is 1. The number of aliphatic imine (C=N–C) groups is 1. The predicted molar refractivity (Wildman–Crippen MR) is 102 cm³/mol. The predicted octanol–water partition coefficient (Wildman–Crippen LogP) is 3.78. The summed E-state index contributed by atoms with van der Waals surface area (Å²) in [6.45, 7) is 3.79. The van der Waals surface area contributed by atoms with E-state index in [-0.39, 0.29) is 24.0 Å². The molecular weight excluding hydrogens is 364 g/mol. The molecule has 0 spiro atoms. The van der Waals surface area contributed by atoms with Gasteiger partial charge in [0.25, 0.3) is 11.6 Å². The molecule has 1 aromatic rings. The third-order valence-electron chi connectivity index (χ3n) is 3.83. The average molecular weight is 383 g/mol. The first-order chi connectivity index (χ1) is 11.6. The van der Waals surface area contributed by atoms with Gasteiger partial charge in [0.15, 0.2) is 5.17 Å². The van der Waals surface area contributed by atoms with Crippen molar-refractivity contribution in [1.82, 2.24) is 4.90 Å². The van der Waals surface area contributed by atoms with Crippen LogP contribution in [0.5, 0.6) is 0 Å². The molecule has 9 heteroatoms. The second kappa shape index (κ2) is 8.35. The fourth-order valence-electron chi connectivity index (χ4n) is 2.71. The first kappa shape index (κ1) is 19.3. The van der Waals surface area contributed by atoms with Gasteiger partial charge >= 0.3 is 0 Å². The maximum Gasteiger partial charge on any atom is 0.269 e. The fourth-order valence-corrected chi connectivity index (χ4v) is 3.84. The van der Waals surface area contributed by atoms with E-state index in [9.17, 15) is 14.9 Å². The van der Waals surface area contributed by atoms with Gasteiger partial charge in [-0.3, -0.25) is 19.9 Å². The van der Waals surface area contributed by atoms with Crippen LogP contribution in [-0.4, -0.2) is 34.0 Å². The van der Waals surface area contributed by atoms with Gasteiger partial charge in [0.05, 0.1) is 9.83 Å². The summed E-state index contributed by atoms with van der Waals surface area (Å²) in [5.74, 6) is -0.186. The summed E-state index contributed by atoms with van der Waals surface area (Å²) in [5, 5.41) is 14.4. The van der Waals surface area contributed by atoms with Crippen LogP contribution in [0.4, 0.5) is 11.4 Å². The summed E-state index contributed by atoms with van der Waals surface area (Å²) in [4.78, 5) is 30.2. The number of amides is 1. The number of rotatable bonds is 5. The number of halogens is 1. The first-order valence-electron chi connectivity index (χ1n) is 7.89. The largest absolute Gasteiger partial charge is 0.323 e. The van der Waals surface area contributed by atoms with Crippen molar-refractivity contribution in [2.24, 2.45) is 4.99 Å². The van der Waals surface area contributed by atoms with E-state index >= 15 is 0 Å². The van der Waals surface area contributed by atoms with Crippen LogP contribution in [-0.2, 0) is 4.79 Å². The number of anilines is 1. The van der Waals surface area contributed by atoms with Gasteiger partial charge in [-0.05, 0) is 36.7 Å². The number of hydrogen-bond acceptors (Lipinski definition) is 6. The summed E-state index contributed by atoms with van der Waals surface area (Å²) in [7, 11) is 0. The fraction of sp³-hybridized carbons (Fsp3) is 0.375. The molecule has 0 fully saturated rings. The number of benzene rings is 1. The highest BCUT2D eigenvalue weighted by Crippen LogP contribution is 2.38. The van der Waals surface area contributed by atoms with Gasteiger partial charge in [-0.25, -0.2) is 0 Å². The standard InChI is InChI=1S/C16H18N4O3S.ClH/c1-2-4-13-14(24-16-17-9-3-10-19(13)16)15(21)18-11-5-7-12(8-6-11)20(22)23;/h5-8H,2-4,9-10H2,1H3,(H,18,21);1H. The quantitative estimate of drug-likeness (QED) is 0.618. The molecule has 1 aromatic carbocycles. The van der Waals surface area contributed by atoms with E-state index in [2.05, 4.69) is 22.1 Å². The Balaban J connectivity index is 0.00000225. The van der Waals surface area contributed by atoms with Crippen molar-refractivity contribution in [2.75, 3.05) is 18.4 Å². The third kappa shape index (κ3) is 4.13. The van der Waals surface area contributed by atoms with Crippen molar-refractivity contribution in [3.8, 4) is 0 Å². The Labute approximate surface area is 156 Å². The molecule has 0 bridgehead atoms. The smallest absolute Gasteiger partial charge is 0.269 e.